The van der Waals surface area contributed by atoms with Crippen LogP contribution in [0.5, 0.6) is 0 Å². The summed E-state index contributed by atoms with van der Waals surface area (Å²) in [5.74, 6) is 1.90. The first kappa shape index (κ1) is 17.1. The molecule has 0 aliphatic heterocycles. The monoisotopic (exact) mass is 347 g/mol. The van der Waals surface area contributed by atoms with Crippen LogP contribution in [0.15, 0.2) is 10.6 Å². The van der Waals surface area contributed by atoms with Gasteiger partial charge in [0.05, 0.1) is 17.4 Å². The summed E-state index contributed by atoms with van der Waals surface area (Å²) in [7, 11) is 2.08. The molecule has 0 fully saturated rings. The largest absolute Gasteiger partial charge is 0.424 e. The highest BCUT2D eigenvalue weighted by molar-refractivity contribution is 7.17. The number of aryl methyl sites for hydroxylation is 2. The van der Waals surface area contributed by atoms with Gasteiger partial charge in [0.2, 0.25) is 11.8 Å². The molecule has 0 bridgehead atoms. The third-order valence-electron chi connectivity index (χ3n) is 4.22. The molecule has 0 amide bonds. The molecule has 1 atom stereocenters. The number of thiazole rings is 1. The molecule has 3 rings (SSSR count). The molecular formula is C17H25N5OS. The highest BCUT2D eigenvalue weighted by Gasteiger charge is 2.21. The molecule has 0 aliphatic carbocycles. The third kappa shape index (κ3) is 3.37. The molecule has 0 spiro atoms. The first-order valence-electron chi connectivity index (χ1n) is 8.31. The summed E-state index contributed by atoms with van der Waals surface area (Å²) in [6.45, 7) is 11.4. The number of fused-ring (bicyclic) bond motifs is 1. The highest BCUT2D eigenvalue weighted by Crippen LogP contribution is 2.25. The van der Waals surface area contributed by atoms with E-state index in [-0.39, 0.29) is 6.04 Å². The number of nitrogens with zero attached hydrogens (tertiary/aromatic N) is 5. The Morgan fingerprint density at radius 3 is 2.71 bits per heavy atom. The predicted octanol–water partition coefficient (Wildman–Crippen LogP) is 3.79. The van der Waals surface area contributed by atoms with Gasteiger partial charge in [0, 0.05) is 24.0 Å². The normalized spacial score (nSPS) is 13.5. The van der Waals surface area contributed by atoms with Crippen LogP contribution in [0.1, 0.15) is 54.9 Å². The molecule has 3 aromatic heterocycles. The predicted molar refractivity (Wildman–Crippen MR) is 95.3 cm³/mol. The van der Waals surface area contributed by atoms with Crippen LogP contribution in [0.4, 0.5) is 0 Å². The molecule has 0 aliphatic rings. The Morgan fingerprint density at radius 1 is 1.25 bits per heavy atom. The number of hydrogen-bond donors (Lipinski definition) is 0. The van der Waals surface area contributed by atoms with Crippen molar-refractivity contribution < 1.29 is 4.42 Å². The second-order valence-corrected chi connectivity index (χ2v) is 8.07. The van der Waals surface area contributed by atoms with Gasteiger partial charge in [-0.15, -0.1) is 21.5 Å². The maximum Gasteiger partial charge on any atom is 0.233 e. The van der Waals surface area contributed by atoms with Gasteiger partial charge in [0.25, 0.3) is 0 Å². The first-order valence-corrected chi connectivity index (χ1v) is 9.13. The summed E-state index contributed by atoms with van der Waals surface area (Å²) < 4.78 is 8.03. The Bertz CT molecular complexity index is 831. The average Bonchev–Trinajstić information content (AvgIpc) is 3.15. The zero-order valence-corrected chi connectivity index (χ0v) is 16.0. The Labute approximate surface area is 146 Å². The molecule has 3 heterocycles. The van der Waals surface area contributed by atoms with E-state index in [0.29, 0.717) is 11.8 Å². The van der Waals surface area contributed by atoms with E-state index in [1.165, 1.54) is 10.6 Å². The smallest absolute Gasteiger partial charge is 0.233 e. The first-order chi connectivity index (χ1) is 11.3. The van der Waals surface area contributed by atoms with Crippen molar-refractivity contribution in [3.63, 3.8) is 0 Å². The number of rotatable bonds is 6. The maximum absolute atomic E-state index is 5.83. The lowest BCUT2D eigenvalue weighted by atomic mass is 10.1. The molecule has 130 valence electrons. The second kappa shape index (κ2) is 6.64. The Kier molecular flexibility index (Phi) is 4.73. The van der Waals surface area contributed by atoms with E-state index in [0.717, 1.165) is 29.5 Å². The molecule has 6 nitrogen and oxygen atoms in total. The van der Waals surface area contributed by atoms with Crippen molar-refractivity contribution in [3.05, 3.63) is 34.2 Å². The fraction of sp³-hybridized carbons (Fsp3) is 0.588. The average molecular weight is 347 g/mol. The van der Waals surface area contributed by atoms with E-state index in [1.807, 2.05) is 0 Å². The standard InChI is InChI=1S/C17H25N5OS/c1-10(2)7-15-19-20-16(23-15)13(5)21(6)9-14-12(4)18-17-22(14)8-11(3)24-17/h8,10,13H,7,9H2,1-6H3/t13-/m1/s1. The minimum absolute atomic E-state index is 0.0584. The van der Waals surface area contributed by atoms with Gasteiger partial charge in [-0.3, -0.25) is 9.30 Å². The number of aromatic nitrogens is 4. The van der Waals surface area contributed by atoms with Gasteiger partial charge >= 0.3 is 0 Å². The van der Waals surface area contributed by atoms with Gasteiger partial charge in [-0.2, -0.15) is 0 Å². The fourth-order valence-corrected chi connectivity index (χ4v) is 3.62. The van der Waals surface area contributed by atoms with Crippen LogP contribution in [0.2, 0.25) is 0 Å². The Balaban J connectivity index is 1.76. The maximum atomic E-state index is 5.83. The van der Waals surface area contributed by atoms with E-state index in [2.05, 4.69) is 72.3 Å². The van der Waals surface area contributed by atoms with E-state index >= 15 is 0 Å². The van der Waals surface area contributed by atoms with Crippen molar-refractivity contribution in [2.24, 2.45) is 5.92 Å². The number of hydrogen-bond acceptors (Lipinski definition) is 6. The van der Waals surface area contributed by atoms with Crippen LogP contribution in [0.25, 0.3) is 4.96 Å². The van der Waals surface area contributed by atoms with E-state index < -0.39 is 0 Å². The van der Waals surface area contributed by atoms with Crippen molar-refractivity contribution in [3.8, 4) is 0 Å². The topological polar surface area (TPSA) is 59.5 Å². The summed E-state index contributed by atoms with van der Waals surface area (Å²) in [4.78, 5) is 9.20. The lowest BCUT2D eigenvalue weighted by Gasteiger charge is -2.21. The van der Waals surface area contributed by atoms with Crippen LogP contribution >= 0.6 is 11.3 Å². The van der Waals surface area contributed by atoms with Crippen molar-refractivity contribution in [2.75, 3.05) is 7.05 Å². The van der Waals surface area contributed by atoms with Gasteiger partial charge in [0.1, 0.15) is 0 Å². The molecular weight excluding hydrogens is 322 g/mol. The van der Waals surface area contributed by atoms with Crippen molar-refractivity contribution in [2.45, 2.75) is 53.6 Å². The summed E-state index contributed by atoms with van der Waals surface area (Å²) >= 11 is 1.72. The zero-order valence-electron chi connectivity index (χ0n) is 15.2. The molecule has 0 saturated heterocycles. The van der Waals surface area contributed by atoms with Crippen LogP contribution in [0.3, 0.4) is 0 Å². The second-order valence-electron chi connectivity index (χ2n) is 6.86. The van der Waals surface area contributed by atoms with Gasteiger partial charge in [-0.1, -0.05) is 13.8 Å². The van der Waals surface area contributed by atoms with Crippen LogP contribution in [0, 0.1) is 19.8 Å². The van der Waals surface area contributed by atoms with Crippen LogP contribution in [-0.2, 0) is 13.0 Å². The van der Waals surface area contributed by atoms with Crippen molar-refractivity contribution >= 4 is 16.3 Å². The van der Waals surface area contributed by atoms with Gasteiger partial charge in [0.15, 0.2) is 4.96 Å². The Hall–Kier alpha value is -1.73. The van der Waals surface area contributed by atoms with Crippen LogP contribution < -0.4 is 0 Å². The molecule has 24 heavy (non-hydrogen) atoms. The number of imidazole rings is 1. The SMILES string of the molecule is Cc1cn2c(CN(C)[C@H](C)c3nnc(CC(C)C)o3)c(C)nc2s1. The third-order valence-corrected chi connectivity index (χ3v) is 5.12. The van der Waals surface area contributed by atoms with Crippen molar-refractivity contribution in [1.29, 1.82) is 0 Å². The summed E-state index contributed by atoms with van der Waals surface area (Å²) in [6.07, 6.45) is 2.97. The Morgan fingerprint density at radius 2 is 2.00 bits per heavy atom. The highest BCUT2D eigenvalue weighted by atomic mass is 32.1. The lowest BCUT2D eigenvalue weighted by molar-refractivity contribution is 0.210. The van der Waals surface area contributed by atoms with Gasteiger partial charge in [-0.25, -0.2) is 4.98 Å². The van der Waals surface area contributed by atoms with E-state index in [1.54, 1.807) is 11.3 Å². The fourth-order valence-electron chi connectivity index (χ4n) is 2.73. The van der Waals surface area contributed by atoms with Gasteiger partial charge in [-0.05, 0) is 33.7 Å². The quantitative estimate of drug-likeness (QED) is 0.679. The summed E-state index contributed by atoms with van der Waals surface area (Å²) in [5, 5.41) is 8.40. The minimum atomic E-state index is 0.0584. The summed E-state index contributed by atoms with van der Waals surface area (Å²) in [5.41, 5.74) is 2.29. The van der Waals surface area contributed by atoms with E-state index in [4.69, 9.17) is 4.42 Å². The summed E-state index contributed by atoms with van der Waals surface area (Å²) in [6, 6.07) is 0.0584. The lowest BCUT2D eigenvalue weighted by Crippen LogP contribution is -2.23. The molecule has 0 saturated carbocycles. The molecule has 7 heteroatoms. The van der Waals surface area contributed by atoms with Gasteiger partial charge < -0.3 is 4.42 Å². The van der Waals surface area contributed by atoms with E-state index in [9.17, 15) is 0 Å². The molecule has 0 N–H and O–H groups in total. The van der Waals surface area contributed by atoms with Crippen molar-refractivity contribution in [1.82, 2.24) is 24.5 Å². The molecule has 0 unspecified atom stereocenters. The minimum Gasteiger partial charge on any atom is -0.424 e. The molecule has 0 aromatic carbocycles. The van der Waals surface area contributed by atoms with Crippen LogP contribution in [-0.4, -0.2) is 31.5 Å². The zero-order chi connectivity index (χ0) is 17.4. The molecule has 0 radical (unpaired) electrons. The molecule has 3 aromatic rings.